The van der Waals surface area contributed by atoms with Crippen LogP contribution in [0.4, 0.5) is 5.69 Å². The molecule has 0 saturated heterocycles. The minimum atomic E-state index is -0.869. The maximum atomic E-state index is 12.5. The second kappa shape index (κ2) is 5.91. The molecular formula is C17H15ClN2O2. The molecule has 2 aromatic rings. The highest BCUT2D eigenvalue weighted by molar-refractivity contribution is 6.32. The van der Waals surface area contributed by atoms with Crippen molar-refractivity contribution in [2.24, 2.45) is 4.99 Å². The molecule has 0 bridgehead atoms. The number of carbonyl (C=O) groups is 1. The first kappa shape index (κ1) is 14.8. The number of aliphatic imine (C=N–C) groups is 1. The van der Waals surface area contributed by atoms with Gasteiger partial charge in [0.15, 0.2) is 0 Å². The number of hydrogen-bond acceptors (Lipinski definition) is 3. The summed E-state index contributed by atoms with van der Waals surface area (Å²) < 4.78 is 5.26. The molecule has 1 unspecified atom stereocenters. The molecule has 0 aliphatic carbocycles. The lowest BCUT2D eigenvalue weighted by atomic mass is 10.0. The Morgan fingerprint density at radius 3 is 2.59 bits per heavy atom. The van der Waals surface area contributed by atoms with Crippen LogP contribution in [0.5, 0.6) is 0 Å². The summed E-state index contributed by atoms with van der Waals surface area (Å²) in [6, 6.07) is 15.1. The van der Waals surface area contributed by atoms with Crippen LogP contribution < -0.4 is 4.90 Å². The lowest BCUT2D eigenvalue weighted by Gasteiger charge is -2.19. The quantitative estimate of drug-likeness (QED) is 0.854. The van der Waals surface area contributed by atoms with Crippen LogP contribution in [0.15, 0.2) is 53.5 Å². The number of halogens is 1. The fourth-order valence-corrected chi connectivity index (χ4v) is 2.67. The van der Waals surface area contributed by atoms with Crippen LogP contribution in [0.1, 0.15) is 11.1 Å². The normalized spacial score (nSPS) is 17.8. The van der Waals surface area contributed by atoms with Gasteiger partial charge in [0.05, 0.1) is 11.4 Å². The van der Waals surface area contributed by atoms with Gasteiger partial charge in [0.25, 0.3) is 5.91 Å². The van der Waals surface area contributed by atoms with E-state index in [-0.39, 0.29) is 5.91 Å². The summed E-state index contributed by atoms with van der Waals surface area (Å²) >= 11 is 6.15. The number of likely N-dealkylation sites (N-methyl/N-ethyl adjacent to an activating group) is 1. The molecule has 0 N–H and O–H groups in total. The molecule has 0 saturated carbocycles. The summed E-state index contributed by atoms with van der Waals surface area (Å²) in [5, 5.41) is 0.596. The zero-order chi connectivity index (χ0) is 15.7. The molecule has 4 nitrogen and oxygen atoms in total. The third kappa shape index (κ3) is 2.51. The number of benzodiazepines with no additional fused rings is 1. The van der Waals surface area contributed by atoms with Gasteiger partial charge in [-0.2, -0.15) is 0 Å². The Kier molecular flexibility index (Phi) is 3.96. The Bertz CT molecular complexity index is 744. The molecule has 1 amide bonds. The number of rotatable bonds is 2. The highest BCUT2D eigenvalue weighted by Gasteiger charge is 2.29. The number of hydrogen-bond donors (Lipinski definition) is 0. The molecule has 0 aromatic heterocycles. The van der Waals surface area contributed by atoms with Crippen molar-refractivity contribution in [1.82, 2.24) is 0 Å². The Labute approximate surface area is 134 Å². The molecular weight excluding hydrogens is 300 g/mol. The second-order valence-corrected chi connectivity index (χ2v) is 5.43. The number of amides is 1. The van der Waals surface area contributed by atoms with Crippen LogP contribution in [0.3, 0.4) is 0 Å². The topological polar surface area (TPSA) is 41.9 Å². The zero-order valence-electron chi connectivity index (χ0n) is 12.3. The van der Waals surface area contributed by atoms with Gasteiger partial charge in [-0.1, -0.05) is 41.9 Å². The average molecular weight is 315 g/mol. The van der Waals surface area contributed by atoms with E-state index in [1.165, 1.54) is 7.11 Å². The maximum absolute atomic E-state index is 12.5. The molecule has 2 aromatic carbocycles. The maximum Gasteiger partial charge on any atom is 0.278 e. The van der Waals surface area contributed by atoms with E-state index < -0.39 is 6.23 Å². The summed E-state index contributed by atoms with van der Waals surface area (Å²) in [4.78, 5) is 18.5. The predicted octanol–water partition coefficient (Wildman–Crippen LogP) is 3.13. The number of nitrogens with zero attached hydrogens (tertiary/aromatic N) is 2. The van der Waals surface area contributed by atoms with Crippen molar-refractivity contribution in [3.8, 4) is 0 Å². The van der Waals surface area contributed by atoms with Gasteiger partial charge >= 0.3 is 0 Å². The Balaban J connectivity index is 2.27. The third-order valence-electron chi connectivity index (χ3n) is 3.63. The van der Waals surface area contributed by atoms with Gasteiger partial charge in [-0.05, 0) is 18.2 Å². The van der Waals surface area contributed by atoms with Gasteiger partial charge in [0.1, 0.15) is 0 Å². The Morgan fingerprint density at radius 2 is 1.91 bits per heavy atom. The Morgan fingerprint density at radius 1 is 1.18 bits per heavy atom. The molecule has 5 heteroatoms. The molecule has 1 heterocycles. The number of methoxy groups -OCH3 is 1. The number of carbonyl (C=O) groups excluding carboxylic acids is 1. The molecule has 1 atom stereocenters. The smallest absolute Gasteiger partial charge is 0.278 e. The van der Waals surface area contributed by atoms with Gasteiger partial charge in [-0.25, -0.2) is 4.99 Å². The minimum absolute atomic E-state index is 0.211. The summed E-state index contributed by atoms with van der Waals surface area (Å²) in [5.41, 5.74) is 3.18. The lowest BCUT2D eigenvalue weighted by Crippen LogP contribution is -2.35. The second-order valence-electron chi connectivity index (χ2n) is 4.99. The molecule has 112 valence electrons. The number of fused-ring (bicyclic) bond motifs is 1. The zero-order valence-corrected chi connectivity index (χ0v) is 13.0. The number of ether oxygens (including phenoxy) is 1. The number of anilines is 1. The van der Waals surface area contributed by atoms with E-state index in [0.717, 1.165) is 16.8 Å². The van der Waals surface area contributed by atoms with E-state index in [1.54, 1.807) is 18.0 Å². The van der Waals surface area contributed by atoms with Crippen LogP contribution in [0, 0.1) is 0 Å². The van der Waals surface area contributed by atoms with Crippen molar-refractivity contribution in [2.45, 2.75) is 6.23 Å². The summed E-state index contributed by atoms with van der Waals surface area (Å²) in [6.45, 7) is 0. The monoisotopic (exact) mass is 314 g/mol. The van der Waals surface area contributed by atoms with Crippen molar-refractivity contribution in [3.63, 3.8) is 0 Å². The van der Waals surface area contributed by atoms with Crippen molar-refractivity contribution >= 4 is 28.9 Å². The van der Waals surface area contributed by atoms with E-state index in [4.69, 9.17) is 16.3 Å². The average Bonchev–Trinajstić information content (AvgIpc) is 2.64. The van der Waals surface area contributed by atoms with Crippen molar-refractivity contribution < 1.29 is 9.53 Å². The first-order chi connectivity index (χ1) is 10.6. The van der Waals surface area contributed by atoms with Gasteiger partial charge < -0.3 is 9.64 Å². The predicted molar refractivity (Wildman–Crippen MR) is 87.7 cm³/mol. The fraction of sp³-hybridized carbons (Fsp3) is 0.176. The Hall–Kier alpha value is -2.17. The molecule has 1 aliphatic rings. The van der Waals surface area contributed by atoms with Crippen LogP contribution in [0.2, 0.25) is 5.02 Å². The minimum Gasteiger partial charge on any atom is -0.352 e. The van der Waals surface area contributed by atoms with Crippen molar-refractivity contribution in [1.29, 1.82) is 0 Å². The van der Waals surface area contributed by atoms with E-state index in [1.807, 2.05) is 42.5 Å². The van der Waals surface area contributed by atoms with Crippen LogP contribution >= 0.6 is 11.6 Å². The molecule has 0 radical (unpaired) electrons. The molecule has 3 rings (SSSR count). The van der Waals surface area contributed by atoms with Crippen molar-refractivity contribution in [3.05, 3.63) is 64.7 Å². The van der Waals surface area contributed by atoms with E-state index in [9.17, 15) is 4.79 Å². The van der Waals surface area contributed by atoms with E-state index in [0.29, 0.717) is 10.7 Å². The van der Waals surface area contributed by atoms with Gasteiger partial charge in [0, 0.05) is 30.3 Å². The lowest BCUT2D eigenvalue weighted by molar-refractivity contribution is -0.127. The highest BCUT2D eigenvalue weighted by atomic mass is 35.5. The molecule has 1 aliphatic heterocycles. The first-order valence-corrected chi connectivity index (χ1v) is 7.23. The van der Waals surface area contributed by atoms with Gasteiger partial charge in [-0.15, -0.1) is 0 Å². The third-order valence-corrected chi connectivity index (χ3v) is 3.87. The fourth-order valence-electron chi connectivity index (χ4n) is 2.50. The summed E-state index contributed by atoms with van der Waals surface area (Å²) in [5.74, 6) is -0.211. The SMILES string of the molecule is COC1N=C(c2ccccc2)c2cc(Cl)ccc2N(C)C1=O. The van der Waals surface area contributed by atoms with Crippen LogP contribution in [-0.2, 0) is 9.53 Å². The van der Waals surface area contributed by atoms with Crippen molar-refractivity contribution in [2.75, 3.05) is 19.1 Å². The first-order valence-electron chi connectivity index (χ1n) is 6.85. The van der Waals surface area contributed by atoms with Crippen LogP contribution in [0.25, 0.3) is 0 Å². The molecule has 22 heavy (non-hydrogen) atoms. The van der Waals surface area contributed by atoms with E-state index in [2.05, 4.69) is 4.99 Å². The highest BCUT2D eigenvalue weighted by Crippen LogP contribution is 2.30. The van der Waals surface area contributed by atoms with Crippen LogP contribution in [-0.4, -0.2) is 32.0 Å². The summed E-state index contributed by atoms with van der Waals surface area (Å²) in [6.07, 6.45) is -0.869. The summed E-state index contributed by atoms with van der Waals surface area (Å²) in [7, 11) is 3.19. The molecule has 0 spiro atoms. The molecule has 0 fully saturated rings. The standard InChI is InChI=1S/C17H15ClN2O2/c1-20-14-9-8-12(18)10-13(14)15(11-6-4-3-5-7-11)19-16(22-2)17(20)21/h3-10,16H,1-2H3. The van der Waals surface area contributed by atoms with E-state index >= 15 is 0 Å². The number of benzene rings is 2. The largest absolute Gasteiger partial charge is 0.352 e. The van der Waals surface area contributed by atoms with Gasteiger partial charge in [0.2, 0.25) is 6.23 Å². The van der Waals surface area contributed by atoms with Gasteiger partial charge in [-0.3, -0.25) is 4.79 Å².